The van der Waals surface area contributed by atoms with Gasteiger partial charge in [0.1, 0.15) is 18.0 Å². The van der Waals surface area contributed by atoms with Gasteiger partial charge in [0.2, 0.25) is 0 Å². The molecular formula is C35H42O5. The first-order valence-corrected chi connectivity index (χ1v) is 15.2. The Bertz CT molecular complexity index is 1260. The molecular weight excluding hydrogens is 500 g/mol. The first-order chi connectivity index (χ1) is 19.2. The molecule has 5 nitrogen and oxygen atoms in total. The third kappa shape index (κ3) is 4.59. The van der Waals surface area contributed by atoms with Crippen LogP contribution in [0.25, 0.3) is 0 Å². The van der Waals surface area contributed by atoms with Crippen molar-refractivity contribution in [3.05, 3.63) is 71.8 Å². The zero-order valence-corrected chi connectivity index (χ0v) is 24.0. The molecule has 2 aromatic rings. The number of fused-ring (bicyclic) bond motifs is 5. The van der Waals surface area contributed by atoms with Crippen molar-refractivity contribution < 1.29 is 23.9 Å². The number of ether oxygens (including phenoxy) is 2. The normalized spacial score (nSPS) is 38.3. The molecule has 0 spiro atoms. The Labute approximate surface area is 238 Å². The highest BCUT2D eigenvalue weighted by atomic mass is 16.5. The fourth-order valence-electron chi connectivity index (χ4n) is 9.77. The maximum Gasteiger partial charge on any atom is 0.338 e. The van der Waals surface area contributed by atoms with Crippen molar-refractivity contribution in [3.8, 4) is 0 Å². The van der Waals surface area contributed by atoms with Crippen LogP contribution < -0.4 is 0 Å². The molecule has 4 saturated carbocycles. The fourth-order valence-corrected chi connectivity index (χ4v) is 9.77. The fraction of sp³-hybridized carbons (Fsp3) is 0.571. The molecule has 5 heteroatoms. The van der Waals surface area contributed by atoms with Gasteiger partial charge >= 0.3 is 11.9 Å². The highest BCUT2D eigenvalue weighted by Crippen LogP contribution is 2.68. The van der Waals surface area contributed by atoms with Crippen molar-refractivity contribution in [1.82, 2.24) is 0 Å². The second-order valence-electron chi connectivity index (χ2n) is 13.5. The smallest absolute Gasteiger partial charge is 0.338 e. The summed E-state index contributed by atoms with van der Waals surface area (Å²) in [5, 5.41) is 0. The van der Waals surface area contributed by atoms with Crippen LogP contribution in [0.5, 0.6) is 0 Å². The maximum absolute atomic E-state index is 13.4. The molecule has 0 saturated heterocycles. The summed E-state index contributed by atoms with van der Waals surface area (Å²) in [5.74, 6) is 1.36. The van der Waals surface area contributed by atoms with Crippen LogP contribution in [-0.4, -0.2) is 29.9 Å². The molecule has 4 fully saturated rings. The van der Waals surface area contributed by atoms with E-state index in [9.17, 15) is 14.4 Å². The first-order valence-electron chi connectivity index (χ1n) is 15.2. The van der Waals surface area contributed by atoms with Gasteiger partial charge in [-0.3, -0.25) is 4.79 Å². The minimum atomic E-state index is -0.264. The molecule has 9 atom stereocenters. The lowest BCUT2D eigenvalue weighted by Gasteiger charge is -2.62. The van der Waals surface area contributed by atoms with Gasteiger partial charge in [0, 0.05) is 11.8 Å². The minimum Gasteiger partial charge on any atom is -0.459 e. The SMILES string of the molecule is CC(=O)[C@H]1CC[C@H]2[C@@H]3CC[C@@H]4C[C@H](OC(=O)c5ccccc5)CC[C@]4(C)[C@H]3[C@H](OC(=O)c3ccccc3)C[C@]12C. The Morgan fingerprint density at radius 3 is 2.00 bits per heavy atom. The Hall–Kier alpha value is -2.95. The van der Waals surface area contributed by atoms with Crippen LogP contribution in [0, 0.1) is 40.4 Å². The lowest BCUT2D eigenvalue weighted by molar-refractivity contribution is -0.179. The van der Waals surface area contributed by atoms with Gasteiger partial charge in [-0.15, -0.1) is 0 Å². The molecule has 0 bridgehead atoms. The highest BCUT2D eigenvalue weighted by Gasteiger charge is 2.64. The molecule has 0 amide bonds. The molecule has 4 aliphatic carbocycles. The van der Waals surface area contributed by atoms with Crippen LogP contribution in [0.3, 0.4) is 0 Å². The predicted octanol–water partition coefficient (Wildman–Crippen LogP) is 7.30. The minimum absolute atomic E-state index is 0.00412. The van der Waals surface area contributed by atoms with Crippen LogP contribution in [-0.2, 0) is 14.3 Å². The Morgan fingerprint density at radius 2 is 1.38 bits per heavy atom. The summed E-state index contributed by atoms with van der Waals surface area (Å²) in [6.45, 7) is 6.45. The van der Waals surface area contributed by atoms with E-state index >= 15 is 0 Å². The maximum atomic E-state index is 13.4. The average Bonchev–Trinajstić information content (AvgIpc) is 3.31. The zero-order valence-electron chi connectivity index (χ0n) is 24.0. The van der Waals surface area contributed by atoms with Gasteiger partial charge in [-0.1, -0.05) is 50.2 Å². The van der Waals surface area contributed by atoms with Gasteiger partial charge in [-0.2, -0.15) is 0 Å². The number of hydrogen-bond acceptors (Lipinski definition) is 5. The molecule has 4 aliphatic rings. The number of carbonyl (C=O) groups is 3. The van der Waals surface area contributed by atoms with Crippen LogP contribution >= 0.6 is 0 Å². The topological polar surface area (TPSA) is 69.7 Å². The van der Waals surface area contributed by atoms with E-state index in [1.165, 1.54) is 0 Å². The van der Waals surface area contributed by atoms with Crippen LogP contribution in [0.15, 0.2) is 60.7 Å². The van der Waals surface area contributed by atoms with Gasteiger partial charge in [-0.05, 0) is 111 Å². The molecule has 0 heterocycles. The van der Waals surface area contributed by atoms with Gasteiger partial charge < -0.3 is 9.47 Å². The molecule has 0 aromatic heterocycles. The van der Waals surface area contributed by atoms with Crippen molar-refractivity contribution in [2.24, 2.45) is 40.4 Å². The third-order valence-electron chi connectivity index (χ3n) is 11.6. The number of benzene rings is 2. The molecule has 0 unspecified atom stereocenters. The van der Waals surface area contributed by atoms with Gasteiger partial charge in [0.25, 0.3) is 0 Å². The summed E-state index contributed by atoms with van der Waals surface area (Å²) in [6.07, 6.45) is 7.26. The van der Waals surface area contributed by atoms with E-state index in [4.69, 9.17) is 9.47 Å². The number of esters is 2. The summed E-state index contributed by atoms with van der Waals surface area (Å²) in [5.41, 5.74) is 1.03. The Morgan fingerprint density at radius 1 is 0.750 bits per heavy atom. The third-order valence-corrected chi connectivity index (χ3v) is 11.6. The quantitative estimate of drug-likeness (QED) is 0.371. The van der Waals surface area contributed by atoms with E-state index in [0.717, 1.165) is 51.4 Å². The van der Waals surface area contributed by atoms with E-state index in [0.29, 0.717) is 28.9 Å². The van der Waals surface area contributed by atoms with Crippen molar-refractivity contribution in [2.45, 2.75) is 84.3 Å². The summed E-state index contributed by atoms with van der Waals surface area (Å²) in [4.78, 5) is 39.0. The summed E-state index contributed by atoms with van der Waals surface area (Å²) >= 11 is 0. The first kappa shape index (κ1) is 27.2. The number of rotatable bonds is 5. The van der Waals surface area contributed by atoms with Crippen LogP contribution in [0.2, 0.25) is 0 Å². The Kier molecular flexibility index (Phi) is 7.13. The molecule has 212 valence electrons. The van der Waals surface area contributed by atoms with Crippen molar-refractivity contribution in [1.29, 1.82) is 0 Å². The van der Waals surface area contributed by atoms with Crippen molar-refractivity contribution in [3.63, 3.8) is 0 Å². The predicted molar refractivity (Wildman–Crippen MR) is 153 cm³/mol. The standard InChI is InChI=1S/C35H42O5/c1-22(36)28-16-17-29-27-15-14-25-20-26(39-32(37)23-10-6-4-7-11-23)18-19-34(25,2)31(27)30(21-35(28,29)3)40-33(38)24-12-8-5-9-13-24/h4-13,25-31H,14-21H2,1-3H3/t25-,26-,27+,28-,29+,30-,31-,34+,35-/m1/s1. The molecule has 0 radical (unpaired) electrons. The van der Waals surface area contributed by atoms with E-state index in [1.54, 1.807) is 19.1 Å². The Balaban J connectivity index is 1.27. The average molecular weight is 543 g/mol. The monoisotopic (exact) mass is 542 g/mol. The van der Waals surface area contributed by atoms with Gasteiger partial charge in [-0.25, -0.2) is 9.59 Å². The lowest BCUT2D eigenvalue weighted by Crippen LogP contribution is -2.60. The summed E-state index contributed by atoms with van der Waals surface area (Å²) < 4.78 is 12.5. The van der Waals surface area contributed by atoms with E-state index in [2.05, 4.69) is 13.8 Å². The molecule has 40 heavy (non-hydrogen) atoms. The lowest BCUT2D eigenvalue weighted by atomic mass is 9.43. The van der Waals surface area contributed by atoms with E-state index in [-0.39, 0.29) is 52.6 Å². The van der Waals surface area contributed by atoms with Gasteiger partial charge in [0.15, 0.2) is 0 Å². The molecule has 2 aromatic carbocycles. The highest BCUT2D eigenvalue weighted by molar-refractivity contribution is 5.90. The summed E-state index contributed by atoms with van der Waals surface area (Å²) in [7, 11) is 0. The summed E-state index contributed by atoms with van der Waals surface area (Å²) in [6, 6.07) is 18.5. The van der Waals surface area contributed by atoms with Crippen molar-refractivity contribution in [2.75, 3.05) is 0 Å². The van der Waals surface area contributed by atoms with Crippen LogP contribution in [0.1, 0.15) is 92.9 Å². The molecule has 6 rings (SSSR count). The number of carbonyl (C=O) groups excluding carboxylic acids is 3. The molecule has 0 aliphatic heterocycles. The van der Waals surface area contributed by atoms with Gasteiger partial charge in [0.05, 0.1) is 11.1 Å². The number of Topliss-reactive ketones (excluding diaryl/α,β-unsaturated/α-hetero) is 1. The van der Waals surface area contributed by atoms with Crippen molar-refractivity contribution >= 4 is 17.7 Å². The second kappa shape index (κ2) is 10.5. The second-order valence-corrected chi connectivity index (χ2v) is 13.5. The van der Waals surface area contributed by atoms with Crippen LogP contribution in [0.4, 0.5) is 0 Å². The largest absolute Gasteiger partial charge is 0.459 e. The van der Waals surface area contributed by atoms with E-state index < -0.39 is 0 Å². The number of hydrogen-bond donors (Lipinski definition) is 0. The zero-order chi connectivity index (χ0) is 28.1. The molecule has 0 N–H and O–H groups in total. The van der Waals surface area contributed by atoms with E-state index in [1.807, 2.05) is 48.5 Å². The number of ketones is 1.